The van der Waals surface area contributed by atoms with Crippen molar-refractivity contribution in [1.29, 1.82) is 0 Å². The Hall–Kier alpha value is -3.14. The van der Waals surface area contributed by atoms with Crippen molar-refractivity contribution in [3.05, 3.63) is 59.6 Å². The minimum Gasteiger partial charge on any atom is -0.487 e. The minimum atomic E-state index is -1.72. The minimum absolute atomic E-state index is 0.0735. The number of benzene rings is 2. The highest BCUT2D eigenvalue weighted by molar-refractivity contribution is 6.32. The Morgan fingerprint density at radius 2 is 1.71 bits per heavy atom. The van der Waals surface area contributed by atoms with Gasteiger partial charge in [0.2, 0.25) is 17.7 Å². The van der Waals surface area contributed by atoms with Gasteiger partial charge in [-0.05, 0) is 30.8 Å². The summed E-state index contributed by atoms with van der Waals surface area (Å²) >= 11 is 6.17. The van der Waals surface area contributed by atoms with Crippen LogP contribution in [0.4, 0.5) is 5.69 Å². The number of nitrogens with zero attached hydrogens (tertiary/aromatic N) is 2. The van der Waals surface area contributed by atoms with Crippen LogP contribution in [0.25, 0.3) is 0 Å². The van der Waals surface area contributed by atoms with Crippen LogP contribution in [0.5, 0.6) is 5.75 Å². The molecular formula is C25H33ClN4O5. The third kappa shape index (κ3) is 8.54. The number of nitrogens with one attached hydrogen (secondary N) is 2. The average Bonchev–Trinajstić information content (AvgIpc) is 2.83. The lowest BCUT2D eigenvalue weighted by Crippen LogP contribution is -2.62. The topological polar surface area (TPSA) is 111 Å². The van der Waals surface area contributed by atoms with Crippen LogP contribution >= 0.6 is 11.6 Å². The summed E-state index contributed by atoms with van der Waals surface area (Å²) in [7, 11) is 0. The zero-order valence-corrected chi connectivity index (χ0v) is 21.0. The van der Waals surface area contributed by atoms with Gasteiger partial charge in [0.25, 0.3) is 0 Å². The van der Waals surface area contributed by atoms with E-state index in [9.17, 15) is 19.5 Å². The van der Waals surface area contributed by atoms with Crippen LogP contribution in [-0.4, -0.2) is 59.8 Å². The van der Waals surface area contributed by atoms with Crippen molar-refractivity contribution in [2.45, 2.75) is 39.3 Å². The summed E-state index contributed by atoms with van der Waals surface area (Å²) in [6.07, 6.45) is 0.219. The summed E-state index contributed by atoms with van der Waals surface area (Å²) in [5.74, 6) is -0.701. The first kappa shape index (κ1) is 28.1. The SMILES string of the molecule is CCNC(O)(COc1ccccc1Cl)CN(C(=O)CCNC(=O)CC)N(C(C)=O)c1ccccc1. The van der Waals surface area contributed by atoms with Gasteiger partial charge in [0.1, 0.15) is 12.4 Å². The molecule has 0 saturated carbocycles. The highest BCUT2D eigenvalue weighted by Gasteiger charge is 2.36. The fourth-order valence-corrected chi connectivity index (χ4v) is 3.57. The van der Waals surface area contributed by atoms with E-state index in [1.807, 2.05) is 0 Å². The quantitative estimate of drug-likeness (QED) is 0.303. The number of hydrogen-bond acceptors (Lipinski definition) is 6. The Labute approximate surface area is 211 Å². The Bertz CT molecular complexity index is 991. The number of carbonyl (C=O) groups excluding carboxylic acids is 3. The second kappa shape index (κ2) is 13.7. The number of amides is 3. The number of carbonyl (C=O) groups is 3. The summed E-state index contributed by atoms with van der Waals surface area (Å²) in [5.41, 5.74) is -1.27. The Kier molecular flexibility index (Phi) is 11.0. The van der Waals surface area contributed by atoms with Gasteiger partial charge in [-0.1, -0.05) is 55.8 Å². The van der Waals surface area contributed by atoms with Crippen LogP contribution in [0.15, 0.2) is 54.6 Å². The largest absolute Gasteiger partial charge is 0.487 e. The standard InChI is InChI=1S/C25H33ClN4O5/c1-4-23(32)27-16-15-24(33)29(30(19(3)31)20-11-7-6-8-12-20)17-25(34,28-5-2)18-35-22-14-10-9-13-21(22)26/h6-14,28,34H,4-5,15-18H2,1-3H3,(H,27,32). The van der Waals surface area contributed by atoms with Gasteiger partial charge in [-0.2, -0.15) is 0 Å². The third-order valence-corrected chi connectivity index (χ3v) is 5.34. The molecule has 190 valence electrons. The lowest BCUT2D eigenvalue weighted by Gasteiger charge is -2.40. The fourth-order valence-electron chi connectivity index (χ4n) is 3.38. The van der Waals surface area contributed by atoms with E-state index >= 15 is 0 Å². The number of hydrogen-bond donors (Lipinski definition) is 3. The van der Waals surface area contributed by atoms with Gasteiger partial charge in [0, 0.05) is 26.3 Å². The number of likely N-dealkylation sites (N-methyl/N-ethyl adjacent to an activating group) is 1. The van der Waals surface area contributed by atoms with Crippen LogP contribution in [0, 0.1) is 0 Å². The molecule has 0 spiro atoms. The van der Waals surface area contributed by atoms with Gasteiger partial charge in [0.15, 0.2) is 5.72 Å². The van der Waals surface area contributed by atoms with Gasteiger partial charge in [-0.3, -0.25) is 19.7 Å². The van der Waals surface area contributed by atoms with Crippen molar-refractivity contribution in [1.82, 2.24) is 15.6 Å². The number of aliphatic hydroxyl groups is 1. The van der Waals surface area contributed by atoms with Gasteiger partial charge in [-0.15, -0.1) is 0 Å². The maximum absolute atomic E-state index is 13.3. The zero-order valence-electron chi connectivity index (χ0n) is 20.3. The summed E-state index contributed by atoms with van der Waals surface area (Å²) in [6.45, 7) is 4.75. The van der Waals surface area contributed by atoms with Crippen LogP contribution in [0.3, 0.4) is 0 Å². The number of rotatable bonds is 12. The zero-order chi connectivity index (χ0) is 25.8. The summed E-state index contributed by atoms with van der Waals surface area (Å²) < 4.78 is 5.77. The van der Waals surface area contributed by atoms with Crippen LogP contribution in [0.2, 0.25) is 5.02 Å². The van der Waals surface area contributed by atoms with Crippen LogP contribution in [0.1, 0.15) is 33.6 Å². The van der Waals surface area contributed by atoms with E-state index in [4.69, 9.17) is 16.3 Å². The molecule has 0 aliphatic heterocycles. The number of ether oxygens (including phenoxy) is 1. The molecule has 3 amide bonds. The predicted octanol–water partition coefficient (Wildman–Crippen LogP) is 2.73. The molecule has 0 fully saturated rings. The van der Waals surface area contributed by atoms with E-state index < -0.39 is 17.5 Å². The predicted molar refractivity (Wildman–Crippen MR) is 135 cm³/mol. The third-order valence-electron chi connectivity index (χ3n) is 5.03. The van der Waals surface area contributed by atoms with Crippen molar-refractivity contribution in [2.24, 2.45) is 0 Å². The monoisotopic (exact) mass is 504 g/mol. The molecule has 0 aromatic heterocycles. The number of anilines is 1. The Morgan fingerprint density at radius 3 is 2.31 bits per heavy atom. The van der Waals surface area contributed by atoms with Gasteiger partial charge < -0.3 is 15.2 Å². The lowest BCUT2D eigenvalue weighted by atomic mass is 10.2. The van der Waals surface area contributed by atoms with E-state index in [0.717, 1.165) is 0 Å². The second-order valence-corrected chi connectivity index (χ2v) is 8.26. The molecule has 0 bridgehead atoms. The van der Waals surface area contributed by atoms with Crippen LogP contribution < -0.4 is 20.4 Å². The molecule has 0 aliphatic carbocycles. The molecular weight excluding hydrogens is 472 g/mol. The Morgan fingerprint density at radius 1 is 1.06 bits per heavy atom. The van der Waals surface area contributed by atoms with E-state index in [1.165, 1.54) is 16.9 Å². The molecule has 1 unspecified atom stereocenters. The van der Waals surface area contributed by atoms with E-state index in [0.29, 0.717) is 29.4 Å². The highest BCUT2D eigenvalue weighted by atomic mass is 35.5. The molecule has 10 heteroatoms. The summed E-state index contributed by atoms with van der Waals surface area (Å²) in [5, 5.41) is 19.8. The maximum atomic E-state index is 13.3. The summed E-state index contributed by atoms with van der Waals surface area (Å²) in [4.78, 5) is 37.6. The molecule has 1 atom stereocenters. The smallest absolute Gasteiger partial charge is 0.243 e. The molecule has 9 nitrogen and oxygen atoms in total. The van der Waals surface area contributed by atoms with Crippen molar-refractivity contribution in [3.63, 3.8) is 0 Å². The first-order chi connectivity index (χ1) is 16.7. The van der Waals surface area contributed by atoms with Crippen molar-refractivity contribution in [2.75, 3.05) is 31.3 Å². The second-order valence-electron chi connectivity index (χ2n) is 7.85. The molecule has 3 N–H and O–H groups in total. The Balaban J connectivity index is 2.34. The van der Waals surface area contributed by atoms with Crippen molar-refractivity contribution >= 4 is 35.0 Å². The van der Waals surface area contributed by atoms with Gasteiger partial charge in [0.05, 0.1) is 17.3 Å². The van der Waals surface area contributed by atoms with E-state index in [-0.39, 0.29) is 32.0 Å². The number of para-hydroxylation sites is 2. The molecule has 2 aromatic carbocycles. The normalized spacial score (nSPS) is 12.4. The summed E-state index contributed by atoms with van der Waals surface area (Å²) in [6, 6.07) is 15.5. The number of hydrazine groups is 1. The lowest BCUT2D eigenvalue weighted by molar-refractivity contribution is -0.142. The first-order valence-electron chi connectivity index (χ1n) is 11.5. The molecule has 0 aliphatic rings. The van der Waals surface area contributed by atoms with E-state index in [2.05, 4.69) is 10.6 Å². The van der Waals surface area contributed by atoms with Crippen LogP contribution in [-0.2, 0) is 14.4 Å². The molecule has 0 radical (unpaired) electrons. The molecule has 0 saturated heterocycles. The van der Waals surface area contributed by atoms with Crippen molar-refractivity contribution in [3.8, 4) is 5.75 Å². The molecule has 2 aromatic rings. The maximum Gasteiger partial charge on any atom is 0.243 e. The fraction of sp³-hybridized carbons (Fsp3) is 0.400. The first-order valence-corrected chi connectivity index (χ1v) is 11.9. The molecule has 2 rings (SSSR count). The molecule has 0 heterocycles. The van der Waals surface area contributed by atoms with Crippen molar-refractivity contribution < 1.29 is 24.2 Å². The average molecular weight is 505 g/mol. The highest BCUT2D eigenvalue weighted by Crippen LogP contribution is 2.25. The van der Waals surface area contributed by atoms with Gasteiger partial charge >= 0.3 is 0 Å². The number of halogens is 1. The van der Waals surface area contributed by atoms with E-state index in [1.54, 1.807) is 68.4 Å². The van der Waals surface area contributed by atoms with Gasteiger partial charge in [-0.25, -0.2) is 10.0 Å². The molecule has 35 heavy (non-hydrogen) atoms.